The summed E-state index contributed by atoms with van der Waals surface area (Å²) in [6, 6.07) is -0.0409. The molecule has 1 saturated heterocycles. The molecule has 15 heavy (non-hydrogen) atoms. The summed E-state index contributed by atoms with van der Waals surface area (Å²) in [5.74, 6) is -0.436. The summed E-state index contributed by atoms with van der Waals surface area (Å²) in [5, 5.41) is 2.77. The molecule has 1 fully saturated rings. The molecule has 2 unspecified atom stereocenters. The molecule has 5 nitrogen and oxygen atoms in total. The zero-order valence-corrected chi connectivity index (χ0v) is 9.72. The summed E-state index contributed by atoms with van der Waals surface area (Å²) >= 11 is 0. The lowest BCUT2D eigenvalue weighted by atomic mass is 10.1. The van der Waals surface area contributed by atoms with Crippen molar-refractivity contribution in [1.29, 1.82) is 0 Å². The van der Waals surface area contributed by atoms with Crippen molar-refractivity contribution in [3.05, 3.63) is 0 Å². The van der Waals surface area contributed by atoms with Gasteiger partial charge in [-0.2, -0.15) is 0 Å². The van der Waals surface area contributed by atoms with E-state index >= 15 is 0 Å². The average molecular weight is 234 g/mol. The van der Waals surface area contributed by atoms with Gasteiger partial charge in [-0.05, 0) is 12.8 Å². The fourth-order valence-electron chi connectivity index (χ4n) is 1.65. The van der Waals surface area contributed by atoms with Crippen LogP contribution in [0.2, 0.25) is 0 Å². The molecule has 1 aliphatic rings. The Balaban J connectivity index is 2.49. The summed E-state index contributed by atoms with van der Waals surface area (Å²) in [6.45, 7) is 2.32. The number of carbonyl (C=O) groups excluding carboxylic acids is 1. The van der Waals surface area contributed by atoms with Crippen molar-refractivity contribution in [3.8, 4) is 0 Å². The minimum atomic E-state index is -2.98. The zero-order valence-electron chi connectivity index (χ0n) is 8.90. The van der Waals surface area contributed by atoms with E-state index in [2.05, 4.69) is 5.32 Å². The highest BCUT2D eigenvalue weighted by Crippen LogP contribution is 2.18. The predicted molar refractivity (Wildman–Crippen MR) is 58.0 cm³/mol. The van der Waals surface area contributed by atoms with Gasteiger partial charge < -0.3 is 11.1 Å². The summed E-state index contributed by atoms with van der Waals surface area (Å²) in [6.07, 6.45) is 1.21. The van der Waals surface area contributed by atoms with Crippen LogP contribution >= 0.6 is 0 Å². The van der Waals surface area contributed by atoms with Crippen LogP contribution in [-0.4, -0.2) is 38.4 Å². The zero-order chi connectivity index (χ0) is 11.5. The number of hydrogen-bond acceptors (Lipinski definition) is 4. The molecule has 0 radical (unpaired) electrons. The minimum Gasteiger partial charge on any atom is -0.352 e. The van der Waals surface area contributed by atoms with Gasteiger partial charge in [0, 0.05) is 12.6 Å². The molecular formula is C9H18N2O3S. The van der Waals surface area contributed by atoms with Gasteiger partial charge >= 0.3 is 0 Å². The van der Waals surface area contributed by atoms with Crippen molar-refractivity contribution in [1.82, 2.24) is 5.32 Å². The molecule has 2 atom stereocenters. The summed E-state index contributed by atoms with van der Waals surface area (Å²) in [4.78, 5) is 11.6. The van der Waals surface area contributed by atoms with E-state index in [9.17, 15) is 13.2 Å². The van der Waals surface area contributed by atoms with Gasteiger partial charge in [-0.1, -0.05) is 6.92 Å². The summed E-state index contributed by atoms with van der Waals surface area (Å²) < 4.78 is 22.3. The maximum atomic E-state index is 11.6. The number of sulfone groups is 1. The van der Waals surface area contributed by atoms with E-state index in [0.717, 1.165) is 6.42 Å². The van der Waals surface area contributed by atoms with Crippen molar-refractivity contribution in [2.24, 2.45) is 11.7 Å². The van der Waals surface area contributed by atoms with Gasteiger partial charge in [0.25, 0.3) is 0 Å². The second kappa shape index (κ2) is 4.94. The number of nitrogens with two attached hydrogens (primary N) is 1. The van der Waals surface area contributed by atoms with Gasteiger partial charge in [0.15, 0.2) is 9.84 Å². The van der Waals surface area contributed by atoms with Crippen LogP contribution in [0.5, 0.6) is 0 Å². The smallest absolute Gasteiger partial charge is 0.224 e. The molecule has 0 spiro atoms. The van der Waals surface area contributed by atoms with Gasteiger partial charge in [-0.15, -0.1) is 0 Å². The molecule has 0 aromatic rings. The van der Waals surface area contributed by atoms with E-state index in [1.54, 1.807) is 0 Å². The molecule has 0 saturated carbocycles. The van der Waals surface area contributed by atoms with Crippen LogP contribution in [0, 0.1) is 5.92 Å². The highest BCUT2D eigenvalue weighted by molar-refractivity contribution is 7.91. The van der Waals surface area contributed by atoms with Gasteiger partial charge in [0.1, 0.15) is 0 Å². The number of hydrogen-bond donors (Lipinski definition) is 2. The number of amides is 1. The third-order valence-electron chi connectivity index (χ3n) is 2.73. The third-order valence-corrected chi connectivity index (χ3v) is 4.49. The molecule has 1 heterocycles. The predicted octanol–water partition coefficient (Wildman–Crippen LogP) is -0.725. The molecule has 6 heteroatoms. The standard InChI is InChI=1S/C9H18N2O3S/c1-2-8(5-10)11-9(12)7-3-4-15(13,14)6-7/h7-8H,2-6,10H2,1H3,(H,11,12). The lowest BCUT2D eigenvalue weighted by Crippen LogP contribution is -2.43. The van der Waals surface area contributed by atoms with E-state index in [1.165, 1.54) is 0 Å². The molecular weight excluding hydrogens is 216 g/mol. The van der Waals surface area contributed by atoms with E-state index in [4.69, 9.17) is 5.73 Å². The van der Waals surface area contributed by atoms with Crippen LogP contribution in [0.1, 0.15) is 19.8 Å². The van der Waals surface area contributed by atoms with E-state index in [1.807, 2.05) is 6.92 Å². The number of carbonyl (C=O) groups is 1. The third kappa shape index (κ3) is 3.46. The SMILES string of the molecule is CCC(CN)NC(=O)C1CCS(=O)(=O)C1. The quantitative estimate of drug-likeness (QED) is 0.671. The molecule has 1 aliphatic heterocycles. The highest BCUT2D eigenvalue weighted by Gasteiger charge is 2.33. The fraction of sp³-hybridized carbons (Fsp3) is 0.889. The average Bonchev–Trinajstić information content (AvgIpc) is 2.55. The monoisotopic (exact) mass is 234 g/mol. The van der Waals surface area contributed by atoms with Crippen LogP contribution in [0.15, 0.2) is 0 Å². The first-order valence-electron chi connectivity index (χ1n) is 5.19. The maximum Gasteiger partial charge on any atom is 0.224 e. The van der Waals surface area contributed by atoms with E-state index < -0.39 is 9.84 Å². The Morgan fingerprint density at radius 3 is 2.67 bits per heavy atom. The molecule has 0 aromatic heterocycles. The molecule has 0 bridgehead atoms. The first-order valence-corrected chi connectivity index (χ1v) is 7.01. The lowest BCUT2D eigenvalue weighted by Gasteiger charge is -2.16. The second-order valence-electron chi connectivity index (χ2n) is 3.95. The Morgan fingerprint density at radius 2 is 2.27 bits per heavy atom. The van der Waals surface area contributed by atoms with Gasteiger partial charge in [0.2, 0.25) is 5.91 Å². The minimum absolute atomic E-state index is 0.0140. The first-order chi connectivity index (χ1) is 6.98. The van der Waals surface area contributed by atoms with Gasteiger partial charge in [-0.25, -0.2) is 8.42 Å². The summed E-state index contributed by atoms with van der Waals surface area (Å²) in [7, 11) is -2.98. The Labute approximate surface area is 90.3 Å². The van der Waals surface area contributed by atoms with Crippen LogP contribution in [0.3, 0.4) is 0 Å². The van der Waals surface area contributed by atoms with Crippen molar-refractivity contribution in [2.45, 2.75) is 25.8 Å². The van der Waals surface area contributed by atoms with Crippen LogP contribution in [0.4, 0.5) is 0 Å². The van der Waals surface area contributed by atoms with Crippen molar-refractivity contribution < 1.29 is 13.2 Å². The molecule has 1 amide bonds. The Morgan fingerprint density at radius 1 is 1.60 bits per heavy atom. The topological polar surface area (TPSA) is 89.3 Å². The van der Waals surface area contributed by atoms with Gasteiger partial charge in [0.05, 0.1) is 17.4 Å². The number of rotatable bonds is 4. The normalized spacial score (nSPS) is 26.1. The molecule has 0 aromatic carbocycles. The largest absolute Gasteiger partial charge is 0.352 e. The van der Waals surface area contributed by atoms with Crippen LogP contribution in [-0.2, 0) is 14.6 Å². The lowest BCUT2D eigenvalue weighted by molar-refractivity contribution is -0.124. The highest BCUT2D eigenvalue weighted by atomic mass is 32.2. The maximum absolute atomic E-state index is 11.6. The van der Waals surface area contributed by atoms with Crippen LogP contribution < -0.4 is 11.1 Å². The second-order valence-corrected chi connectivity index (χ2v) is 6.18. The Kier molecular flexibility index (Phi) is 4.10. The van der Waals surface area contributed by atoms with Crippen molar-refractivity contribution in [2.75, 3.05) is 18.1 Å². The van der Waals surface area contributed by atoms with Crippen molar-refractivity contribution >= 4 is 15.7 Å². The van der Waals surface area contributed by atoms with E-state index in [0.29, 0.717) is 13.0 Å². The van der Waals surface area contributed by atoms with Gasteiger partial charge in [-0.3, -0.25) is 4.79 Å². The Bertz CT molecular complexity index is 322. The summed E-state index contributed by atoms with van der Waals surface area (Å²) in [5.41, 5.74) is 5.45. The molecule has 1 rings (SSSR count). The number of nitrogens with one attached hydrogen (secondary N) is 1. The Hall–Kier alpha value is -0.620. The first kappa shape index (κ1) is 12.4. The van der Waals surface area contributed by atoms with Crippen LogP contribution in [0.25, 0.3) is 0 Å². The fourth-order valence-corrected chi connectivity index (χ4v) is 3.39. The molecule has 3 N–H and O–H groups in total. The molecule has 0 aliphatic carbocycles. The van der Waals surface area contributed by atoms with E-state index in [-0.39, 0.29) is 29.4 Å². The molecule has 88 valence electrons. The van der Waals surface area contributed by atoms with Crippen molar-refractivity contribution in [3.63, 3.8) is 0 Å².